The summed E-state index contributed by atoms with van der Waals surface area (Å²) in [6.45, 7) is 9.22. The van der Waals surface area contributed by atoms with Gasteiger partial charge in [0.05, 0.1) is 0 Å². The van der Waals surface area contributed by atoms with E-state index in [4.69, 9.17) is 5.73 Å². The molecule has 2 heterocycles. The lowest BCUT2D eigenvalue weighted by atomic mass is 9.65. The van der Waals surface area contributed by atoms with Gasteiger partial charge in [-0.15, -0.1) is 0 Å². The van der Waals surface area contributed by atoms with E-state index in [0.29, 0.717) is 5.41 Å². The maximum atomic E-state index is 5.98. The summed E-state index contributed by atoms with van der Waals surface area (Å²) >= 11 is 0. The highest BCUT2D eigenvalue weighted by Gasteiger charge is 2.42. The molecule has 2 saturated heterocycles. The Hall–Kier alpha value is -0.120. The molecule has 2 aliphatic heterocycles. The van der Waals surface area contributed by atoms with Crippen LogP contribution in [0.15, 0.2) is 0 Å². The van der Waals surface area contributed by atoms with Gasteiger partial charge in [0.25, 0.3) is 0 Å². The Kier molecular flexibility index (Phi) is 3.65. The van der Waals surface area contributed by atoms with Gasteiger partial charge in [-0.3, -0.25) is 0 Å². The number of hydrogen-bond donors (Lipinski definition) is 2. The molecule has 88 valence electrons. The van der Waals surface area contributed by atoms with Crippen LogP contribution in [-0.2, 0) is 0 Å². The largest absolute Gasteiger partial charge is 0.330 e. The molecule has 0 bridgehead atoms. The normalized spacial score (nSPS) is 32.0. The maximum absolute atomic E-state index is 5.98. The molecular formula is C12H25N3. The lowest BCUT2D eigenvalue weighted by Gasteiger charge is -2.50. The fraction of sp³-hybridized carbons (Fsp3) is 1.00. The first-order valence-electron chi connectivity index (χ1n) is 6.44. The Labute approximate surface area is 93.4 Å². The highest BCUT2D eigenvalue weighted by Crippen LogP contribution is 2.43. The van der Waals surface area contributed by atoms with Crippen LogP contribution in [0.3, 0.4) is 0 Å². The first kappa shape index (κ1) is 11.4. The highest BCUT2D eigenvalue weighted by atomic mass is 15.1. The van der Waals surface area contributed by atoms with E-state index in [1.54, 1.807) is 0 Å². The summed E-state index contributed by atoms with van der Waals surface area (Å²) in [7, 11) is 0. The standard InChI is InChI=1S/C12H25N3/c1-2-15-8-5-12(11(9-13)10-15)3-6-14-7-4-12/h11,14H,2-10,13H2,1H3. The van der Waals surface area contributed by atoms with Gasteiger partial charge in [0.1, 0.15) is 0 Å². The zero-order valence-electron chi connectivity index (χ0n) is 9.97. The van der Waals surface area contributed by atoms with Crippen molar-refractivity contribution in [3.05, 3.63) is 0 Å². The number of piperidine rings is 2. The van der Waals surface area contributed by atoms with Crippen molar-refractivity contribution < 1.29 is 0 Å². The molecule has 1 unspecified atom stereocenters. The van der Waals surface area contributed by atoms with Crippen LogP contribution < -0.4 is 11.1 Å². The molecule has 3 heteroatoms. The number of nitrogens with one attached hydrogen (secondary N) is 1. The second-order valence-electron chi connectivity index (χ2n) is 5.19. The summed E-state index contributed by atoms with van der Waals surface area (Å²) in [5, 5.41) is 3.47. The molecule has 2 aliphatic rings. The van der Waals surface area contributed by atoms with E-state index in [0.717, 1.165) is 12.5 Å². The van der Waals surface area contributed by atoms with Crippen LogP contribution in [0.2, 0.25) is 0 Å². The van der Waals surface area contributed by atoms with Crippen LogP contribution in [0.4, 0.5) is 0 Å². The summed E-state index contributed by atoms with van der Waals surface area (Å²) in [4.78, 5) is 2.56. The zero-order chi connectivity index (χ0) is 10.7. The van der Waals surface area contributed by atoms with Crippen molar-refractivity contribution in [1.29, 1.82) is 0 Å². The van der Waals surface area contributed by atoms with E-state index < -0.39 is 0 Å². The van der Waals surface area contributed by atoms with Gasteiger partial charge in [0.15, 0.2) is 0 Å². The second-order valence-corrected chi connectivity index (χ2v) is 5.19. The van der Waals surface area contributed by atoms with Crippen molar-refractivity contribution in [1.82, 2.24) is 10.2 Å². The average Bonchev–Trinajstić information content (AvgIpc) is 2.31. The molecule has 2 rings (SSSR count). The van der Waals surface area contributed by atoms with Gasteiger partial charge in [0.2, 0.25) is 0 Å². The zero-order valence-corrected chi connectivity index (χ0v) is 9.97. The molecule has 1 spiro atoms. The Morgan fingerprint density at radius 1 is 1.33 bits per heavy atom. The third kappa shape index (κ3) is 2.19. The number of hydrogen-bond acceptors (Lipinski definition) is 3. The van der Waals surface area contributed by atoms with Gasteiger partial charge in [-0.1, -0.05) is 6.92 Å². The Bertz CT molecular complexity index is 199. The lowest BCUT2D eigenvalue weighted by Crippen LogP contribution is -2.53. The third-order valence-electron chi connectivity index (χ3n) is 4.60. The van der Waals surface area contributed by atoms with Crippen molar-refractivity contribution in [2.75, 3.05) is 39.3 Å². The van der Waals surface area contributed by atoms with E-state index in [1.807, 2.05) is 0 Å². The van der Waals surface area contributed by atoms with Crippen molar-refractivity contribution in [2.24, 2.45) is 17.1 Å². The predicted octanol–water partition coefficient (Wildman–Crippen LogP) is 0.657. The predicted molar refractivity (Wildman–Crippen MR) is 63.8 cm³/mol. The molecule has 0 aromatic carbocycles. The van der Waals surface area contributed by atoms with Crippen LogP contribution in [0.5, 0.6) is 0 Å². The molecule has 0 saturated carbocycles. The van der Waals surface area contributed by atoms with Crippen LogP contribution >= 0.6 is 0 Å². The van der Waals surface area contributed by atoms with Gasteiger partial charge in [-0.25, -0.2) is 0 Å². The number of nitrogens with zero attached hydrogens (tertiary/aromatic N) is 1. The molecular weight excluding hydrogens is 186 g/mol. The van der Waals surface area contributed by atoms with Gasteiger partial charge >= 0.3 is 0 Å². The molecule has 0 amide bonds. The van der Waals surface area contributed by atoms with E-state index in [9.17, 15) is 0 Å². The maximum Gasteiger partial charge on any atom is 0.00270 e. The van der Waals surface area contributed by atoms with Crippen LogP contribution in [0.1, 0.15) is 26.2 Å². The molecule has 0 aromatic heterocycles. The Morgan fingerprint density at radius 2 is 2.07 bits per heavy atom. The van der Waals surface area contributed by atoms with Gasteiger partial charge in [0, 0.05) is 6.54 Å². The first-order chi connectivity index (χ1) is 7.30. The van der Waals surface area contributed by atoms with E-state index >= 15 is 0 Å². The first-order valence-corrected chi connectivity index (χ1v) is 6.44. The molecule has 0 aliphatic carbocycles. The second kappa shape index (κ2) is 4.81. The van der Waals surface area contributed by atoms with Crippen LogP contribution in [0.25, 0.3) is 0 Å². The fourth-order valence-electron chi connectivity index (χ4n) is 3.38. The summed E-state index contributed by atoms with van der Waals surface area (Å²) in [6.07, 6.45) is 4.04. The van der Waals surface area contributed by atoms with E-state index in [1.165, 1.54) is 52.0 Å². The Balaban J connectivity index is 2.03. The summed E-state index contributed by atoms with van der Waals surface area (Å²) in [5.41, 5.74) is 6.55. The minimum Gasteiger partial charge on any atom is -0.330 e. The third-order valence-corrected chi connectivity index (χ3v) is 4.60. The van der Waals surface area contributed by atoms with Gasteiger partial charge < -0.3 is 16.0 Å². The Morgan fingerprint density at radius 3 is 2.67 bits per heavy atom. The molecule has 0 aromatic rings. The number of likely N-dealkylation sites (tertiary alicyclic amines) is 1. The van der Waals surface area contributed by atoms with E-state index in [2.05, 4.69) is 17.1 Å². The van der Waals surface area contributed by atoms with Crippen LogP contribution in [-0.4, -0.2) is 44.2 Å². The molecule has 0 radical (unpaired) electrons. The molecule has 2 fully saturated rings. The van der Waals surface area contributed by atoms with Gasteiger partial charge in [-0.05, 0) is 63.3 Å². The van der Waals surface area contributed by atoms with Crippen molar-refractivity contribution in [3.63, 3.8) is 0 Å². The molecule has 15 heavy (non-hydrogen) atoms. The summed E-state index contributed by atoms with van der Waals surface area (Å²) in [6, 6.07) is 0. The van der Waals surface area contributed by atoms with Crippen LogP contribution in [0, 0.1) is 11.3 Å². The summed E-state index contributed by atoms with van der Waals surface area (Å²) in [5.74, 6) is 0.730. The summed E-state index contributed by atoms with van der Waals surface area (Å²) < 4.78 is 0. The van der Waals surface area contributed by atoms with E-state index in [-0.39, 0.29) is 0 Å². The minimum atomic E-state index is 0.575. The highest BCUT2D eigenvalue weighted by molar-refractivity contribution is 4.95. The molecule has 3 nitrogen and oxygen atoms in total. The van der Waals surface area contributed by atoms with Crippen molar-refractivity contribution >= 4 is 0 Å². The quantitative estimate of drug-likeness (QED) is 0.705. The van der Waals surface area contributed by atoms with Crippen molar-refractivity contribution in [3.8, 4) is 0 Å². The smallest absolute Gasteiger partial charge is 0.00270 e. The SMILES string of the molecule is CCN1CCC2(CCNCC2)C(CN)C1. The molecule has 1 atom stereocenters. The fourth-order valence-corrected chi connectivity index (χ4v) is 3.38. The number of nitrogens with two attached hydrogens (primary N) is 1. The average molecular weight is 211 g/mol. The lowest BCUT2D eigenvalue weighted by molar-refractivity contribution is 0.0142. The van der Waals surface area contributed by atoms with Gasteiger partial charge in [-0.2, -0.15) is 0 Å². The minimum absolute atomic E-state index is 0.575. The number of rotatable bonds is 2. The van der Waals surface area contributed by atoms with Crippen molar-refractivity contribution in [2.45, 2.75) is 26.2 Å². The topological polar surface area (TPSA) is 41.3 Å². The molecule has 3 N–H and O–H groups in total. The monoisotopic (exact) mass is 211 g/mol.